The van der Waals surface area contributed by atoms with Gasteiger partial charge in [-0.25, -0.2) is 24.9 Å². The Balaban J connectivity index is 0.000000185. The van der Waals surface area contributed by atoms with E-state index in [9.17, 15) is 14.4 Å². The smallest absolute Gasteiger partial charge is 0.246 e. The molecule has 0 spiro atoms. The first-order valence-electron chi connectivity index (χ1n) is 19.8. The monoisotopic (exact) mass is 857 g/mol. The largest absolute Gasteiger partial charge is 0.384 e. The molecule has 2 aromatic carbocycles. The molecule has 61 heavy (non-hydrogen) atoms. The highest BCUT2D eigenvalue weighted by atomic mass is 35.5. The fourth-order valence-electron chi connectivity index (χ4n) is 7.54. The number of amides is 2. The third-order valence-electron chi connectivity index (χ3n) is 10.8. The van der Waals surface area contributed by atoms with Crippen LogP contribution in [-0.4, -0.2) is 110 Å². The Morgan fingerprint density at radius 2 is 1.10 bits per heavy atom. The molecule has 6 aromatic rings. The van der Waals surface area contributed by atoms with Crippen molar-refractivity contribution in [1.29, 1.82) is 0 Å². The maximum atomic E-state index is 11.9. The number of pyridine rings is 2. The number of fused-ring (bicyclic) bond motifs is 2. The van der Waals surface area contributed by atoms with E-state index in [1.807, 2.05) is 56.3 Å². The van der Waals surface area contributed by atoms with Crippen LogP contribution >= 0.6 is 23.2 Å². The molecule has 2 amide bonds. The van der Waals surface area contributed by atoms with Crippen molar-refractivity contribution in [2.75, 3.05) is 67.9 Å². The third kappa shape index (κ3) is 9.30. The Bertz CT molecular complexity index is 2690. The van der Waals surface area contributed by atoms with Crippen molar-refractivity contribution in [2.45, 2.75) is 27.2 Å². The Labute approximate surface area is 363 Å². The summed E-state index contributed by atoms with van der Waals surface area (Å²) >= 11 is 13.4. The normalized spacial score (nSPS) is 14.1. The Kier molecular flexibility index (Phi) is 12.9. The predicted octanol–water partition coefficient (Wildman–Crippen LogP) is 6.69. The van der Waals surface area contributed by atoms with E-state index in [2.05, 4.69) is 47.9 Å². The molecule has 0 aliphatic carbocycles. The third-order valence-corrected chi connectivity index (χ3v) is 11.4. The second kappa shape index (κ2) is 18.4. The van der Waals surface area contributed by atoms with Gasteiger partial charge in [0.2, 0.25) is 11.8 Å². The van der Waals surface area contributed by atoms with E-state index >= 15 is 0 Å². The summed E-state index contributed by atoms with van der Waals surface area (Å²) in [7, 11) is 0. The number of anilines is 3. The van der Waals surface area contributed by atoms with E-state index in [1.165, 1.54) is 12.2 Å². The fourth-order valence-corrected chi connectivity index (χ4v) is 8.05. The summed E-state index contributed by atoms with van der Waals surface area (Å²) in [5.41, 5.74) is 13.1. The molecule has 0 radical (unpaired) electrons. The number of nitrogens with two attached hydrogens (primary N) is 1. The molecule has 0 unspecified atom stereocenters. The van der Waals surface area contributed by atoms with Crippen LogP contribution in [0.15, 0.2) is 86.5 Å². The maximum Gasteiger partial charge on any atom is 0.246 e. The van der Waals surface area contributed by atoms with Gasteiger partial charge in [0, 0.05) is 86.4 Å². The zero-order valence-corrected chi connectivity index (χ0v) is 35.7. The molecule has 4 aromatic heterocycles. The van der Waals surface area contributed by atoms with Crippen LogP contribution in [0, 0.1) is 13.8 Å². The standard InChI is InChI=1S/C24H24ClN5O2.C21H21ClN6O/c1-4-22(32)29-7-9-30(10-8-29)24-19-12-20(25)18(13-21(19)26-14-27-24)23-15(2)5-6-17(28-23)11-16(3)31;1-3-19(29)27-6-8-28(9-7-27)21-15-10-16(22)14(11-17(15)24-12-25-21)20-13(2)4-5-18(23)26-20/h4-6,12-14H,1,7-11H2,2-3H3;3-5,10-12H,1,6-9H2,2H3,(H2,23,26). The van der Waals surface area contributed by atoms with Crippen molar-refractivity contribution in [2.24, 2.45) is 0 Å². The quantitative estimate of drug-likeness (QED) is 0.161. The minimum Gasteiger partial charge on any atom is -0.384 e. The Hall–Kier alpha value is -6.51. The first-order valence-corrected chi connectivity index (χ1v) is 20.5. The molecule has 2 fully saturated rings. The second-order valence-electron chi connectivity index (χ2n) is 14.9. The zero-order chi connectivity index (χ0) is 43.4. The lowest BCUT2D eigenvalue weighted by molar-refractivity contribution is -0.127. The first-order chi connectivity index (χ1) is 29.3. The molecule has 2 aliphatic heterocycles. The number of piperazine rings is 2. The van der Waals surface area contributed by atoms with Crippen LogP contribution in [-0.2, 0) is 20.8 Å². The highest BCUT2D eigenvalue weighted by Crippen LogP contribution is 2.37. The molecule has 2 aliphatic rings. The molecule has 16 heteroatoms. The molecule has 0 bridgehead atoms. The lowest BCUT2D eigenvalue weighted by Crippen LogP contribution is -2.48. The zero-order valence-electron chi connectivity index (χ0n) is 34.2. The van der Waals surface area contributed by atoms with Crippen molar-refractivity contribution in [3.63, 3.8) is 0 Å². The van der Waals surface area contributed by atoms with Gasteiger partial charge in [-0.05, 0) is 80.4 Å². The molecule has 2 N–H and O–H groups in total. The van der Waals surface area contributed by atoms with E-state index in [0.29, 0.717) is 73.9 Å². The lowest BCUT2D eigenvalue weighted by Gasteiger charge is -2.35. The first kappa shape index (κ1) is 42.6. The average molecular weight is 859 g/mol. The van der Waals surface area contributed by atoms with E-state index in [4.69, 9.17) is 33.9 Å². The molecule has 0 atom stereocenters. The van der Waals surface area contributed by atoms with Crippen molar-refractivity contribution < 1.29 is 14.4 Å². The van der Waals surface area contributed by atoms with Gasteiger partial charge in [0.25, 0.3) is 0 Å². The van der Waals surface area contributed by atoms with Crippen LogP contribution in [0.1, 0.15) is 23.7 Å². The maximum absolute atomic E-state index is 11.9. The van der Waals surface area contributed by atoms with Crippen molar-refractivity contribution in [1.82, 2.24) is 39.7 Å². The molecule has 6 heterocycles. The minimum absolute atomic E-state index is 0.0464. The van der Waals surface area contributed by atoms with Crippen LogP contribution in [0.4, 0.5) is 17.5 Å². The number of aryl methyl sites for hydroxylation is 2. The number of carbonyl (C=O) groups excluding carboxylic acids is 3. The van der Waals surface area contributed by atoms with Gasteiger partial charge in [0.1, 0.15) is 35.9 Å². The second-order valence-corrected chi connectivity index (χ2v) is 15.7. The van der Waals surface area contributed by atoms with Crippen molar-refractivity contribution in [3.8, 4) is 22.5 Å². The van der Waals surface area contributed by atoms with Crippen LogP contribution in [0.2, 0.25) is 10.0 Å². The number of Topliss-reactive ketones (excluding diaryl/α,β-unsaturated/α-hetero) is 1. The van der Waals surface area contributed by atoms with Gasteiger partial charge in [-0.15, -0.1) is 0 Å². The molecule has 8 rings (SSSR count). The number of hydrogen-bond acceptors (Lipinski definition) is 12. The topological polar surface area (TPSA) is 168 Å². The van der Waals surface area contributed by atoms with Gasteiger partial charge in [0.05, 0.1) is 32.5 Å². The Morgan fingerprint density at radius 1 is 0.656 bits per heavy atom. The van der Waals surface area contributed by atoms with Crippen LogP contribution in [0.25, 0.3) is 44.3 Å². The van der Waals surface area contributed by atoms with E-state index < -0.39 is 0 Å². The highest BCUT2D eigenvalue weighted by molar-refractivity contribution is 6.35. The number of carbonyl (C=O) groups is 3. The number of nitrogen functional groups attached to an aromatic ring is 1. The Morgan fingerprint density at radius 3 is 1.54 bits per heavy atom. The molecule has 14 nitrogen and oxygen atoms in total. The summed E-state index contributed by atoms with van der Waals surface area (Å²) in [4.78, 5) is 70.1. The number of hydrogen-bond donors (Lipinski definition) is 1. The number of benzene rings is 2. The summed E-state index contributed by atoms with van der Waals surface area (Å²) in [6.07, 6.45) is 6.08. The van der Waals surface area contributed by atoms with Gasteiger partial charge >= 0.3 is 0 Å². The summed E-state index contributed by atoms with van der Waals surface area (Å²) in [5.74, 6) is 2.01. The van der Waals surface area contributed by atoms with E-state index in [0.717, 1.165) is 67.1 Å². The van der Waals surface area contributed by atoms with Gasteiger partial charge in [0.15, 0.2) is 0 Å². The van der Waals surface area contributed by atoms with Crippen LogP contribution in [0.3, 0.4) is 0 Å². The predicted molar refractivity (Wildman–Crippen MR) is 242 cm³/mol. The summed E-state index contributed by atoms with van der Waals surface area (Å²) in [6, 6.07) is 15.1. The molecule has 2 saturated heterocycles. The van der Waals surface area contributed by atoms with E-state index in [1.54, 1.807) is 35.4 Å². The number of ketones is 1. The SMILES string of the molecule is C=CC(=O)N1CCN(c2ncnc3cc(-c4nc(CC(C)=O)ccc4C)c(Cl)cc23)CC1.C=CC(=O)N1CCN(c2ncnc3cc(-c4nc(N)ccc4C)c(Cl)cc23)CC1. The highest BCUT2D eigenvalue weighted by Gasteiger charge is 2.25. The molecular formula is C45H45Cl2N11O3. The molecular weight excluding hydrogens is 813 g/mol. The molecule has 312 valence electrons. The average Bonchev–Trinajstić information content (AvgIpc) is 3.27. The summed E-state index contributed by atoms with van der Waals surface area (Å²) in [5, 5.41) is 2.83. The fraction of sp³-hybridized carbons (Fsp3) is 0.267. The van der Waals surface area contributed by atoms with Crippen LogP contribution < -0.4 is 15.5 Å². The van der Waals surface area contributed by atoms with Gasteiger partial charge < -0.3 is 25.3 Å². The van der Waals surface area contributed by atoms with Crippen molar-refractivity contribution >= 4 is 80.1 Å². The number of aromatic nitrogens is 6. The summed E-state index contributed by atoms with van der Waals surface area (Å²) < 4.78 is 0. The van der Waals surface area contributed by atoms with Gasteiger partial charge in [-0.1, -0.05) is 48.5 Å². The number of halogens is 2. The van der Waals surface area contributed by atoms with Crippen LogP contribution in [0.5, 0.6) is 0 Å². The number of rotatable bonds is 8. The number of nitrogens with zero attached hydrogens (tertiary/aromatic N) is 10. The van der Waals surface area contributed by atoms with Crippen molar-refractivity contribution in [3.05, 3.63) is 113 Å². The molecule has 0 saturated carbocycles. The summed E-state index contributed by atoms with van der Waals surface area (Å²) in [6.45, 7) is 17.7. The van der Waals surface area contributed by atoms with Gasteiger partial charge in [-0.3, -0.25) is 19.4 Å². The lowest BCUT2D eigenvalue weighted by atomic mass is 10.0. The van der Waals surface area contributed by atoms with E-state index in [-0.39, 0.29) is 24.0 Å². The van der Waals surface area contributed by atoms with Gasteiger partial charge in [-0.2, -0.15) is 0 Å². The minimum atomic E-state index is -0.0558.